The van der Waals surface area contributed by atoms with Crippen molar-refractivity contribution in [1.29, 1.82) is 0 Å². The summed E-state index contributed by atoms with van der Waals surface area (Å²) in [5.74, 6) is -0.530. The van der Waals surface area contributed by atoms with E-state index in [1.807, 2.05) is 11.4 Å². The van der Waals surface area contributed by atoms with Gasteiger partial charge >= 0.3 is 5.97 Å². The molecule has 1 saturated carbocycles. The lowest BCUT2D eigenvalue weighted by Crippen LogP contribution is -2.57. The molecular formula is C15H18BrNO3S. The zero-order chi connectivity index (χ0) is 15.0. The Kier molecular flexibility index (Phi) is 4.36. The fraction of sp³-hybridized carbons (Fsp3) is 0.600. The van der Waals surface area contributed by atoms with Gasteiger partial charge in [-0.25, -0.2) is 4.79 Å². The average Bonchev–Trinajstić information content (AvgIpc) is 2.91. The van der Waals surface area contributed by atoms with E-state index in [1.165, 1.54) is 17.8 Å². The highest BCUT2D eigenvalue weighted by molar-refractivity contribution is 9.10. The summed E-state index contributed by atoms with van der Waals surface area (Å²) in [5, 5.41) is 11.4. The van der Waals surface area contributed by atoms with Crippen LogP contribution < -0.4 is 0 Å². The second-order valence-electron chi connectivity index (χ2n) is 5.85. The Labute approximate surface area is 136 Å². The maximum Gasteiger partial charge on any atom is 0.326 e. The number of rotatable bonds is 2. The Bertz CT molecular complexity index is 559. The minimum Gasteiger partial charge on any atom is -0.480 e. The van der Waals surface area contributed by atoms with Crippen molar-refractivity contribution in [2.75, 3.05) is 0 Å². The number of aliphatic carboxylic acids is 1. The fourth-order valence-corrected chi connectivity index (χ4v) is 5.22. The minimum atomic E-state index is -0.875. The smallest absolute Gasteiger partial charge is 0.326 e. The highest BCUT2D eigenvalue weighted by atomic mass is 79.9. The van der Waals surface area contributed by atoms with Crippen molar-refractivity contribution in [2.24, 2.45) is 5.92 Å². The van der Waals surface area contributed by atoms with Crippen LogP contribution in [-0.2, 0) is 4.79 Å². The first-order valence-electron chi connectivity index (χ1n) is 7.38. The maximum atomic E-state index is 12.9. The second-order valence-corrected chi connectivity index (χ2v) is 7.62. The van der Waals surface area contributed by atoms with Crippen LogP contribution in [-0.4, -0.2) is 34.0 Å². The van der Waals surface area contributed by atoms with E-state index in [2.05, 4.69) is 15.9 Å². The van der Waals surface area contributed by atoms with Gasteiger partial charge in [-0.1, -0.05) is 12.8 Å². The topological polar surface area (TPSA) is 57.6 Å². The molecule has 6 heteroatoms. The molecule has 2 aliphatic rings. The number of carbonyl (C=O) groups excluding carboxylic acids is 1. The Balaban J connectivity index is 1.94. The average molecular weight is 372 g/mol. The molecule has 21 heavy (non-hydrogen) atoms. The van der Waals surface area contributed by atoms with Crippen LogP contribution in [0.3, 0.4) is 0 Å². The lowest BCUT2D eigenvalue weighted by atomic mass is 9.76. The summed E-state index contributed by atoms with van der Waals surface area (Å²) in [4.78, 5) is 26.8. The number of carboxylic acid groups (broad SMARTS) is 1. The van der Waals surface area contributed by atoms with Crippen LogP contribution in [0.1, 0.15) is 48.2 Å². The summed E-state index contributed by atoms with van der Waals surface area (Å²) >= 11 is 4.77. The van der Waals surface area contributed by atoms with E-state index in [1.54, 1.807) is 4.90 Å². The third kappa shape index (κ3) is 2.75. The fourth-order valence-electron chi connectivity index (χ4n) is 3.73. The van der Waals surface area contributed by atoms with E-state index < -0.39 is 12.0 Å². The number of piperidine rings is 1. The van der Waals surface area contributed by atoms with Crippen LogP contribution in [0.2, 0.25) is 0 Å². The standard InChI is InChI=1S/C15H18BrNO3S/c16-10-7-8-21-13(10)14(18)17-11-4-2-1-3-9(11)5-6-12(17)15(19)20/h7-9,11-12H,1-6H2,(H,19,20). The molecule has 1 saturated heterocycles. The van der Waals surface area contributed by atoms with Gasteiger partial charge in [-0.15, -0.1) is 11.3 Å². The van der Waals surface area contributed by atoms with Crippen molar-refractivity contribution in [3.8, 4) is 0 Å². The van der Waals surface area contributed by atoms with E-state index in [0.717, 1.165) is 30.2 Å². The van der Waals surface area contributed by atoms with Gasteiger partial charge in [0.15, 0.2) is 0 Å². The molecular weight excluding hydrogens is 354 g/mol. The predicted molar refractivity (Wildman–Crippen MR) is 84.6 cm³/mol. The largest absolute Gasteiger partial charge is 0.480 e. The van der Waals surface area contributed by atoms with Gasteiger partial charge in [0.2, 0.25) is 0 Å². The summed E-state index contributed by atoms with van der Waals surface area (Å²) in [6.07, 6.45) is 5.84. The molecule has 0 aromatic carbocycles. The zero-order valence-electron chi connectivity index (χ0n) is 11.6. The zero-order valence-corrected chi connectivity index (χ0v) is 14.0. The molecule has 3 rings (SSSR count). The number of carboxylic acids is 1. The molecule has 1 N–H and O–H groups in total. The van der Waals surface area contributed by atoms with Gasteiger partial charge < -0.3 is 10.0 Å². The van der Waals surface area contributed by atoms with E-state index in [0.29, 0.717) is 17.2 Å². The van der Waals surface area contributed by atoms with Crippen molar-refractivity contribution in [3.63, 3.8) is 0 Å². The van der Waals surface area contributed by atoms with Gasteiger partial charge in [-0.05, 0) is 59.0 Å². The molecule has 3 atom stereocenters. The Morgan fingerprint density at radius 1 is 1.24 bits per heavy atom. The van der Waals surface area contributed by atoms with Gasteiger partial charge in [0.05, 0.1) is 0 Å². The van der Waals surface area contributed by atoms with Crippen LogP contribution in [0.5, 0.6) is 0 Å². The van der Waals surface area contributed by atoms with Crippen molar-refractivity contribution >= 4 is 39.1 Å². The summed E-state index contributed by atoms with van der Waals surface area (Å²) in [6.45, 7) is 0. The van der Waals surface area contributed by atoms with Crippen molar-refractivity contribution in [2.45, 2.75) is 50.6 Å². The summed E-state index contributed by atoms with van der Waals surface area (Å²) in [7, 11) is 0. The number of nitrogens with zero attached hydrogens (tertiary/aromatic N) is 1. The first-order chi connectivity index (χ1) is 10.1. The summed E-state index contributed by atoms with van der Waals surface area (Å²) in [5.41, 5.74) is 0. The Morgan fingerprint density at radius 3 is 2.67 bits per heavy atom. The molecule has 114 valence electrons. The molecule has 2 fully saturated rings. The number of hydrogen-bond donors (Lipinski definition) is 1. The number of amides is 1. The van der Waals surface area contributed by atoms with Crippen LogP contribution >= 0.6 is 27.3 Å². The molecule has 0 spiro atoms. The van der Waals surface area contributed by atoms with Crippen molar-refractivity contribution in [1.82, 2.24) is 4.90 Å². The second kappa shape index (κ2) is 6.08. The van der Waals surface area contributed by atoms with E-state index in [4.69, 9.17) is 0 Å². The lowest BCUT2D eigenvalue weighted by Gasteiger charge is -2.47. The third-order valence-corrected chi connectivity index (χ3v) is 6.53. The first-order valence-corrected chi connectivity index (χ1v) is 9.05. The summed E-state index contributed by atoms with van der Waals surface area (Å²) in [6, 6.07) is 1.26. The van der Waals surface area contributed by atoms with Crippen LogP contribution in [0, 0.1) is 5.92 Å². The number of halogens is 1. The highest BCUT2D eigenvalue weighted by Crippen LogP contribution is 2.39. The normalized spacial score (nSPS) is 29.0. The van der Waals surface area contributed by atoms with Crippen molar-refractivity contribution < 1.29 is 14.7 Å². The van der Waals surface area contributed by atoms with Crippen LogP contribution in [0.15, 0.2) is 15.9 Å². The predicted octanol–water partition coefficient (Wildman–Crippen LogP) is 3.76. The first kappa shape index (κ1) is 15.0. The Morgan fingerprint density at radius 2 is 2.00 bits per heavy atom. The molecule has 1 aromatic heterocycles. The SMILES string of the molecule is O=C(O)C1CCC2CCCCC2N1C(=O)c1sccc1Br. The van der Waals surface area contributed by atoms with Gasteiger partial charge in [0.1, 0.15) is 10.9 Å². The van der Waals surface area contributed by atoms with E-state index in [9.17, 15) is 14.7 Å². The molecule has 1 amide bonds. The molecule has 0 radical (unpaired) electrons. The lowest BCUT2D eigenvalue weighted by molar-refractivity contribution is -0.146. The molecule has 0 bridgehead atoms. The molecule has 1 aliphatic carbocycles. The number of carbonyl (C=O) groups is 2. The van der Waals surface area contributed by atoms with Crippen LogP contribution in [0.25, 0.3) is 0 Å². The van der Waals surface area contributed by atoms with Gasteiger partial charge in [-0.2, -0.15) is 0 Å². The monoisotopic (exact) mass is 371 g/mol. The van der Waals surface area contributed by atoms with Crippen molar-refractivity contribution in [3.05, 3.63) is 20.8 Å². The number of thiophene rings is 1. The molecule has 3 unspecified atom stereocenters. The van der Waals surface area contributed by atoms with Gasteiger partial charge in [0, 0.05) is 10.5 Å². The number of hydrogen-bond acceptors (Lipinski definition) is 3. The molecule has 1 aromatic rings. The molecule has 1 aliphatic heterocycles. The maximum absolute atomic E-state index is 12.9. The Hall–Kier alpha value is -0.880. The molecule has 2 heterocycles. The van der Waals surface area contributed by atoms with E-state index in [-0.39, 0.29) is 11.9 Å². The highest BCUT2D eigenvalue weighted by Gasteiger charge is 2.44. The van der Waals surface area contributed by atoms with E-state index >= 15 is 0 Å². The van der Waals surface area contributed by atoms with Crippen LogP contribution in [0.4, 0.5) is 0 Å². The number of fused-ring (bicyclic) bond motifs is 1. The summed E-state index contributed by atoms with van der Waals surface area (Å²) < 4.78 is 0.763. The quantitative estimate of drug-likeness (QED) is 0.860. The van der Waals surface area contributed by atoms with Gasteiger partial charge in [-0.3, -0.25) is 4.79 Å². The minimum absolute atomic E-state index is 0.0927. The third-order valence-electron chi connectivity index (χ3n) is 4.70. The molecule has 4 nitrogen and oxygen atoms in total. The number of likely N-dealkylation sites (tertiary alicyclic amines) is 1. The van der Waals surface area contributed by atoms with Gasteiger partial charge in [0.25, 0.3) is 5.91 Å².